The Hall–Kier alpha value is -2.79. The van der Waals surface area contributed by atoms with Gasteiger partial charge in [0, 0.05) is 21.5 Å². The molecule has 0 aliphatic heterocycles. The SMILES string of the molecule is O=C(NNC(=O)c1cc2ccc(Cl)cc2[nH]1)c1ccccc1. The lowest BCUT2D eigenvalue weighted by Crippen LogP contribution is -2.41. The molecule has 5 nitrogen and oxygen atoms in total. The number of amides is 2. The molecule has 0 saturated carbocycles. The van der Waals surface area contributed by atoms with Crippen molar-refractivity contribution in [1.82, 2.24) is 15.8 Å². The van der Waals surface area contributed by atoms with E-state index < -0.39 is 5.91 Å². The van der Waals surface area contributed by atoms with Gasteiger partial charge >= 0.3 is 0 Å². The number of benzene rings is 2. The fourth-order valence-corrected chi connectivity index (χ4v) is 2.24. The van der Waals surface area contributed by atoms with E-state index in [-0.39, 0.29) is 5.91 Å². The number of fused-ring (bicyclic) bond motifs is 1. The topological polar surface area (TPSA) is 74.0 Å². The van der Waals surface area contributed by atoms with Crippen molar-refractivity contribution in [2.75, 3.05) is 0 Å². The summed E-state index contributed by atoms with van der Waals surface area (Å²) in [5.74, 6) is -0.815. The lowest BCUT2D eigenvalue weighted by Gasteiger charge is -2.06. The molecule has 0 unspecified atom stereocenters. The van der Waals surface area contributed by atoms with Crippen LogP contribution in [0.4, 0.5) is 0 Å². The van der Waals surface area contributed by atoms with Crippen LogP contribution < -0.4 is 10.9 Å². The number of rotatable bonds is 2. The number of carbonyl (C=O) groups excluding carboxylic acids is 2. The molecular weight excluding hydrogens is 302 g/mol. The third-order valence-electron chi connectivity index (χ3n) is 3.15. The van der Waals surface area contributed by atoms with Crippen LogP contribution in [0.3, 0.4) is 0 Å². The van der Waals surface area contributed by atoms with E-state index in [1.54, 1.807) is 42.5 Å². The zero-order valence-electron chi connectivity index (χ0n) is 11.4. The summed E-state index contributed by atoms with van der Waals surface area (Å²) in [7, 11) is 0. The molecule has 0 aliphatic carbocycles. The molecule has 0 radical (unpaired) electrons. The van der Waals surface area contributed by atoms with Crippen molar-refractivity contribution < 1.29 is 9.59 Å². The van der Waals surface area contributed by atoms with E-state index in [9.17, 15) is 9.59 Å². The normalized spacial score (nSPS) is 10.4. The first kappa shape index (κ1) is 14.2. The van der Waals surface area contributed by atoms with Crippen LogP contribution in [0.25, 0.3) is 10.9 Å². The van der Waals surface area contributed by atoms with E-state index in [0.29, 0.717) is 16.3 Å². The number of H-pyrrole nitrogens is 1. The molecular formula is C16H12ClN3O2. The first-order chi connectivity index (χ1) is 10.6. The Bertz CT molecular complexity index is 843. The molecule has 0 spiro atoms. The van der Waals surface area contributed by atoms with E-state index in [2.05, 4.69) is 15.8 Å². The molecule has 0 atom stereocenters. The number of nitrogens with one attached hydrogen (secondary N) is 3. The Morgan fingerprint density at radius 1 is 0.909 bits per heavy atom. The average Bonchev–Trinajstić information content (AvgIpc) is 2.96. The van der Waals surface area contributed by atoms with Crippen LogP contribution in [0.5, 0.6) is 0 Å². The molecule has 3 aromatic rings. The van der Waals surface area contributed by atoms with E-state index in [1.165, 1.54) is 0 Å². The van der Waals surface area contributed by atoms with Crippen molar-refractivity contribution in [2.24, 2.45) is 0 Å². The van der Waals surface area contributed by atoms with E-state index in [0.717, 1.165) is 10.9 Å². The fourth-order valence-electron chi connectivity index (χ4n) is 2.06. The Morgan fingerprint density at radius 3 is 2.41 bits per heavy atom. The molecule has 3 rings (SSSR count). The van der Waals surface area contributed by atoms with Crippen LogP contribution in [0.2, 0.25) is 5.02 Å². The first-order valence-corrected chi connectivity index (χ1v) is 6.95. The Morgan fingerprint density at radius 2 is 1.64 bits per heavy atom. The quantitative estimate of drug-likeness (QED) is 0.636. The van der Waals surface area contributed by atoms with Crippen LogP contribution >= 0.6 is 11.6 Å². The van der Waals surface area contributed by atoms with E-state index >= 15 is 0 Å². The number of carbonyl (C=O) groups is 2. The molecule has 3 N–H and O–H groups in total. The summed E-state index contributed by atoms with van der Waals surface area (Å²) in [6, 6.07) is 15.6. The molecule has 2 amide bonds. The number of hydrazine groups is 1. The van der Waals surface area contributed by atoms with E-state index in [1.807, 2.05) is 12.1 Å². The number of hydrogen-bond donors (Lipinski definition) is 3. The highest BCUT2D eigenvalue weighted by atomic mass is 35.5. The minimum Gasteiger partial charge on any atom is -0.350 e. The minimum atomic E-state index is -0.434. The van der Waals surface area contributed by atoms with Crippen molar-refractivity contribution in [3.63, 3.8) is 0 Å². The van der Waals surface area contributed by atoms with Crippen LogP contribution in [0.1, 0.15) is 20.8 Å². The Balaban J connectivity index is 1.69. The van der Waals surface area contributed by atoms with E-state index in [4.69, 9.17) is 11.6 Å². The molecule has 0 aliphatic rings. The summed E-state index contributed by atoms with van der Waals surface area (Å²) in [6.45, 7) is 0. The van der Waals surface area contributed by atoms with Crippen LogP contribution in [-0.2, 0) is 0 Å². The second kappa shape index (κ2) is 5.91. The Labute approximate surface area is 131 Å². The fraction of sp³-hybridized carbons (Fsp3) is 0. The number of aromatic amines is 1. The first-order valence-electron chi connectivity index (χ1n) is 6.57. The predicted octanol–water partition coefficient (Wildman–Crippen LogP) is 2.90. The van der Waals surface area contributed by atoms with Crippen LogP contribution in [0.15, 0.2) is 54.6 Å². The van der Waals surface area contributed by atoms with Gasteiger partial charge in [0.25, 0.3) is 11.8 Å². The minimum absolute atomic E-state index is 0.339. The summed E-state index contributed by atoms with van der Waals surface area (Å²) in [5.41, 5.74) is 6.30. The van der Waals surface area contributed by atoms with Gasteiger partial charge in [-0.05, 0) is 30.3 Å². The number of hydrogen-bond acceptors (Lipinski definition) is 2. The predicted molar refractivity (Wildman–Crippen MR) is 84.7 cm³/mol. The summed E-state index contributed by atoms with van der Waals surface area (Å²) < 4.78 is 0. The van der Waals surface area contributed by atoms with Gasteiger partial charge in [0.15, 0.2) is 0 Å². The maximum Gasteiger partial charge on any atom is 0.286 e. The molecule has 0 saturated heterocycles. The Kier molecular flexibility index (Phi) is 3.80. The van der Waals surface area contributed by atoms with Gasteiger partial charge in [-0.15, -0.1) is 0 Å². The smallest absolute Gasteiger partial charge is 0.286 e. The summed E-state index contributed by atoms with van der Waals surface area (Å²) >= 11 is 5.90. The summed E-state index contributed by atoms with van der Waals surface area (Å²) in [4.78, 5) is 26.8. The van der Waals surface area contributed by atoms with Gasteiger partial charge in [0.2, 0.25) is 0 Å². The van der Waals surface area contributed by atoms with Gasteiger partial charge in [-0.2, -0.15) is 0 Å². The summed E-state index contributed by atoms with van der Waals surface area (Å²) in [6.07, 6.45) is 0. The van der Waals surface area contributed by atoms with Crippen molar-refractivity contribution in [1.29, 1.82) is 0 Å². The highest BCUT2D eigenvalue weighted by Crippen LogP contribution is 2.19. The molecule has 1 aromatic heterocycles. The molecule has 22 heavy (non-hydrogen) atoms. The zero-order valence-corrected chi connectivity index (χ0v) is 12.1. The van der Waals surface area contributed by atoms with Crippen LogP contribution in [-0.4, -0.2) is 16.8 Å². The second-order valence-electron chi connectivity index (χ2n) is 4.69. The maximum absolute atomic E-state index is 12.0. The second-order valence-corrected chi connectivity index (χ2v) is 5.13. The lowest BCUT2D eigenvalue weighted by atomic mass is 10.2. The van der Waals surface area contributed by atoms with Gasteiger partial charge in [-0.25, -0.2) is 0 Å². The molecule has 6 heteroatoms. The average molecular weight is 314 g/mol. The van der Waals surface area contributed by atoms with Gasteiger partial charge < -0.3 is 4.98 Å². The maximum atomic E-state index is 12.0. The van der Waals surface area contributed by atoms with Crippen molar-refractivity contribution in [3.05, 3.63) is 70.9 Å². The standard InChI is InChI=1S/C16H12ClN3O2/c17-12-7-6-11-8-14(18-13(11)9-12)16(22)20-19-15(21)10-4-2-1-3-5-10/h1-9,18H,(H,19,21)(H,20,22). The summed E-state index contributed by atoms with van der Waals surface area (Å²) in [5, 5.41) is 1.45. The van der Waals surface area contributed by atoms with Crippen molar-refractivity contribution in [3.8, 4) is 0 Å². The molecule has 0 fully saturated rings. The number of halogens is 1. The zero-order chi connectivity index (χ0) is 15.5. The third-order valence-corrected chi connectivity index (χ3v) is 3.39. The largest absolute Gasteiger partial charge is 0.350 e. The van der Waals surface area contributed by atoms with Crippen LogP contribution in [0, 0.1) is 0 Å². The van der Waals surface area contributed by atoms with Crippen molar-refractivity contribution >= 4 is 34.3 Å². The monoisotopic (exact) mass is 313 g/mol. The number of aromatic nitrogens is 1. The van der Waals surface area contributed by atoms with Gasteiger partial charge in [0.05, 0.1) is 0 Å². The lowest BCUT2D eigenvalue weighted by molar-refractivity contribution is 0.0844. The van der Waals surface area contributed by atoms with Gasteiger partial charge in [-0.3, -0.25) is 20.4 Å². The van der Waals surface area contributed by atoms with Gasteiger partial charge in [0.1, 0.15) is 5.69 Å². The molecule has 1 heterocycles. The highest BCUT2D eigenvalue weighted by molar-refractivity contribution is 6.31. The highest BCUT2D eigenvalue weighted by Gasteiger charge is 2.11. The molecule has 0 bridgehead atoms. The van der Waals surface area contributed by atoms with Gasteiger partial charge in [-0.1, -0.05) is 35.9 Å². The molecule has 110 valence electrons. The third kappa shape index (κ3) is 2.94. The molecule has 2 aromatic carbocycles. The van der Waals surface area contributed by atoms with Crippen molar-refractivity contribution in [2.45, 2.75) is 0 Å².